The minimum atomic E-state index is -3.56. The number of rotatable bonds is 7. The first-order valence-electron chi connectivity index (χ1n) is 8.46. The Hall–Kier alpha value is -1.99. The van der Waals surface area contributed by atoms with Crippen LogP contribution in [-0.4, -0.2) is 19.5 Å². The monoisotopic (exact) mass is 466 g/mol. The first kappa shape index (κ1) is 21.7. The third kappa shape index (κ3) is 5.76. The third-order valence-electron chi connectivity index (χ3n) is 4.14. The van der Waals surface area contributed by atoms with Gasteiger partial charge in [-0.25, -0.2) is 13.2 Å². The summed E-state index contributed by atoms with van der Waals surface area (Å²) < 4.78 is 25.6. The molecule has 29 heavy (non-hydrogen) atoms. The highest BCUT2D eigenvalue weighted by atomic mass is 35.5. The lowest BCUT2D eigenvalue weighted by Gasteiger charge is -2.11. The second kappa shape index (κ2) is 9.22. The van der Waals surface area contributed by atoms with Crippen LogP contribution < -0.4 is 0 Å². The van der Waals surface area contributed by atoms with Crippen molar-refractivity contribution < 1.29 is 18.3 Å². The first-order valence-corrected chi connectivity index (χ1v) is 11.9. The van der Waals surface area contributed by atoms with Gasteiger partial charge in [-0.2, -0.15) is 0 Å². The van der Waals surface area contributed by atoms with Crippen LogP contribution in [0, 0.1) is 0 Å². The Balaban J connectivity index is 1.80. The second-order valence-corrected chi connectivity index (χ2v) is 10.1. The van der Waals surface area contributed by atoms with Crippen molar-refractivity contribution in [3.05, 3.63) is 93.5 Å². The predicted octanol–water partition coefficient (Wildman–Crippen LogP) is 5.96. The number of hydrogen-bond acceptors (Lipinski definition) is 4. The standard InChI is InChI=1S/C21H16Cl2O4S2/c22-17-5-8-19(9-6-17)29(26,27)13-16-11-18(23)7-10-20(16)28-12-14-1-3-15(4-2-14)21(24)25/h1-11H,12-13H2,(H,24,25). The van der Waals surface area contributed by atoms with Crippen LogP contribution in [0.15, 0.2) is 76.5 Å². The lowest BCUT2D eigenvalue weighted by atomic mass is 10.1. The zero-order valence-electron chi connectivity index (χ0n) is 15.0. The van der Waals surface area contributed by atoms with E-state index in [-0.39, 0.29) is 16.2 Å². The number of hydrogen-bond donors (Lipinski definition) is 1. The Kier molecular flexibility index (Phi) is 6.90. The fourth-order valence-electron chi connectivity index (χ4n) is 2.64. The molecule has 0 radical (unpaired) electrons. The summed E-state index contributed by atoms with van der Waals surface area (Å²) in [5.74, 6) is -0.595. The summed E-state index contributed by atoms with van der Waals surface area (Å²) >= 11 is 13.4. The van der Waals surface area contributed by atoms with E-state index in [0.717, 1.165) is 10.5 Å². The maximum absolute atomic E-state index is 12.8. The minimum Gasteiger partial charge on any atom is -0.478 e. The van der Waals surface area contributed by atoms with Crippen molar-refractivity contribution in [2.45, 2.75) is 21.3 Å². The van der Waals surface area contributed by atoms with Gasteiger partial charge >= 0.3 is 5.97 Å². The fourth-order valence-corrected chi connectivity index (χ4v) is 5.41. The molecule has 0 heterocycles. The third-order valence-corrected chi connectivity index (χ3v) is 7.49. The number of carboxylic acids is 1. The van der Waals surface area contributed by atoms with Crippen LogP contribution in [0.3, 0.4) is 0 Å². The highest BCUT2D eigenvalue weighted by Crippen LogP contribution is 2.31. The summed E-state index contributed by atoms with van der Waals surface area (Å²) in [4.78, 5) is 12.0. The van der Waals surface area contributed by atoms with E-state index in [1.807, 2.05) is 0 Å². The Labute approximate surface area is 183 Å². The molecule has 0 aliphatic carbocycles. The number of benzene rings is 3. The zero-order valence-corrected chi connectivity index (χ0v) is 18.2. The van der Waals surface area contributed by atoms with E-state index in [9.17, 15) is 13.2 Å². The Morgan fingerprint density at radius 3 is 2.14 bits per heavy atom. The smallest absolute Gasteiger partial charge is 0.335 e. The maximum atomic E-state index is 12.8. The average Bonchev–Trinajstić information content (AvgIpc) is 2.68. The molecule has 8 heteroatoms. The SMILES string of the molecule is O=C(O)c1ccc(CSc2ccc(Cl)cc2CS(=O)(=O)c2ccc(Cl)cc2)cc1. The summed E-state index contributed by atoms with van der Waals surface area (Å²) in [5, 5.41) is 9.91. The van der Waals surface area contributed by atoms with Gasteiger partial charge in [0.05, 0.1) is 16.2 Å². The summed E-state index contributed by atoms with van der Waals surface area (Å²) in [6.45, 7) is 0. The normalized spacial score (nSPS) is 11.4. The molecule has 3 aromatic carbocycles. The molecule has 0 aliphatic rings. The van der Waals surface area contributed by atoms with Crippen LogP contribution in [0.5, 0.6) is 0 Å². The van der Waals surface area contributed by atoms with Crippen LogP contribution >= 0.6 is 35.0 Å². The number of sulfone groups is 1. The van der Waals surface area contributed by atoms with E-state index in [2.05, 4.69) is 0 Å². The molecule has 150 valence electrons. The second-order valence-electron chi connectivity index (χ2n) is 6.26. The molecule has 0 fully saturated rings. The molecule has 0 aliphatic heterocycles. The van der Waals surface area contributed by atoms with E-state index in [1.54, 1.807) is 54.6 Å². The zero-order chi connectivity index (χ0) is 21.0. The lowest BCUT2D eigenvalue weighted by Crippen LogP contribution is -2.06. The molecular weight excluding hydrogens is 451 g/mol. The number of carboxylic acid groups (broad SMARTS) is 1. The van der Waals surface area contributed by atoms with Gasteiger partial charge in [-0.3, -0.25) is 0 Å². The van der Waals surface area contributed by atoms with Crippen molar-refractivity contribution in [1.82, 2.24) is 0 Å². The molecule has 0 amide bonds. The van der Waals surface area contributed by atoms with Gasteiger partial charge in [-0.1, -0.05) is 35.3 Å². The minimum absolute atomic E-state index is 0.185. The van der Waals surface area contributed by atoms with Gasteiger partial charge < -0.3 is 5.11 Å². The lowest BCUT2D eigenvalue weighted by molar-refractivity contribution is 0.0697. The maximum Gasteiger partial charge on any atom is 0.335 e. The van der Waals surface area contributed by atoms with E-state index >= 15 is 0 Å². The Morgan fingerprint density at radius 2 is 1.52 bits per heavy atom. The van der Waals surface area contributed by atoms with Crippen molar-refractivity contribution in [3.8, 4) is 0 Å². The quantitative estimate of drug-likeness (QED) is 0.435. The predicted molar refractivity (Wildman–Crippen MR) is 117 cm³/mol. The van der Waals surface area contributed by atoms with E-state index in [4.69, 9.17) is 28.3 Å². The summed E-state index contributed by atoms with van der Waals surface area (Å²) in [5.41, 5.74) is 1.76. The fraction of sp³-hybridized carbons (Fsp3) is 0.0952. The van der Waals surface area contributed by atoms with Crippen molar-refractivity contribution in [1.29, 1.82) is 0 Å². The summed E-state index contributed by atoms with van der Waals surface area (Å²) in [6.07, 6.45) is 0. The molecule has 0 bridgehead atoms. The van der Waals surface area contributed by atoms with Crippen molar-refractivity contribution >= 4 is 50.8 Å². The molecule has 0 saturated carbocycles. The van der Waals surface area contributed by atoms with Crippen molar-refractivity contribution in [3.63, 3.8) is 0 Å². The van der Waals surface area contributed by atoms with E-state index < -0.39 is 15.8 Å². The van der Waals surface area contributed by atoms with Gasteiger partial charge in [0, 0.05) is 20.7 Å². The molecule has 0 unspecified atom stereocenters. The van der Waals surface area contributed by atoms with Crippen LogP contribution in [0.4, 0.5) is 0 Å². The molecule has 3 aromatic rings. The number of aromatic carboxylic acids is 1. The molecule has 0 saturated heterocycles. The van der Waals surface area contributed by atoms with E-state index in [0.29, 0.717) is 21.4 Å². The highest BCUT2D eigenvalue weighted by molar-refractivity contribution is 7.98. The van der Waals surface area contributed by atoms with Crippen LogP contribution in [0.2, 0.25) is 10.0 Å². The Morgan fingerprint density at radius 1 is 0.897 bits per heavy atom. The average molecular weight is 467 g/mol. The van der Waals surface area contributed by atoms with Gasteiger partial charge in [0.25, 0.3) is 0 Å². The molecule has 4 nitrogen and oxygen atoms in total. The number of carbonyl (C=O) groups is 1. The topological polar surface area (TPSA) is 71.4 Å². The van der Waals surface area contributed by atoms with Crippen molar-refractivity contribution in [2.24, 2.45) is 0 Å². The molecule has 0 spiro atoms. The van der Waals surface area contributed by atoms with Crippen LogP contribution in [0.1, 0.15) is 21.5 Å². The molecule has 1 N–H and O–H groups in total. The molecular formula is C21H16Cl2O4S2. The number of halogens is 2. The Bertz CT molecular complexity index is 1130. The van der Waals surface area contributed by atoms with Gasteiger partial charge in [0.2, 0.25) is 0 Å². The van der Waals surface area contributed by atoms with E-state index in [1.165, 1.54) is 23.9 Å². The molecule has 3 rings (SSSR count). The molecule has 0 atom stereocenters. The van der Waals surface area contributed by atoms with Crippen LogP contribution in [0.25, 0.3) is 0 Å². The van der Waals surface area contributed by atoms with Gasteiger partial charge in [-0.05, 0) is 65.7 Å². The molecule has 0 aromatic heterocycles. The van der Waals surface area contributed by atoms with Gasteiger partial charge in [0.1, 0.15) is 0 Å². The first-order chi connectivity index (χ1) is 13.7. The largest absolute Gasteiger partial charge is 0.478 e. The number of thioether (sulfide) groups is 1. The highest BCUT2D eigenvalue weighted by Gasteiger charge is 2.18. The van der Waals surface area contributed by atoms with Gasteiger partial charge in [-0.15, -0.1) is 11.8 Å². The summed E-state index contributed by atoms with van der Waals surface area (Å²) in [7, 11) is -3.56. The summed E-state index contributed by atoms with van der Waals surface area (Å²) in [6, 6.07) is 17.8. The van der Waals surface area contributed by atoms with Crippen LogP contribution in [-0.2, 0) is 21.3 Å². The van der Waals surface area contributed by atoms with Gasteiger partial charge in [0.15, 0.2) is 9.84 Å². The van der Waals surface area contributed by atoms with Crippen molar-refractivity contribution in [2.75, 3.05) is 0 Å².